The van der Waals surface area contributed by atoms with E-state index >= 15 is 0 Å². The third-order valence-electron chi connectivity index (χ3n) is 4.25. The third kappa shape index (κ3) is 3.66. The highest BCUT2D eigenvalue weighted by Crippen LogP contribution is 2.27. The van der Waals surface area contributed by atoms with E-state index in [9.17, 15) is 4.79 Å². The van der Waals surface area contributed by atoms with Gasteiger partial charge in [-0.25, -0.2) is 9.97 Å². The van der Waals surface area contributed by atoms with Crippen LogP contribution in [0.1, 0.15) is 17.3 Å². The molecule has 2 aromatic heterocycles. The molecule has 28 heavy (non-hydrogen) atoms. The maximum absolute atomic E-state index is 12.1. The monoisotopic (exact) mass is 369 g/mol. The van der Waals surface area contributed by atoms with Crippen LogP contribution in [0.3, 0.4) is 0 Å². The lowest BCUT2D eigenvalue weighted by atomic mass is 10.1. The van der Waals surface area contributed by atoms with Gasteiger partial charge in [-0.15, -0.1) is 0 Å². The number of nitrogens with zero attached hydrogens (tertiary/aromatic N) is 3. The number of fused-ring (bicyclic) bond motifs is 1. The maximum atomic E-state index is 12.1. The summed E-state index contributed by atoms with van der Waals surface area (Å²) in [6.45, 7) is 2.48. The predicted molar refractivity (Wildman–Crippen MR) is 111 cm³/mol. The lowest BCUT2D eigenvalue weighted by Crippen LogP contribution is -2.22. The average Bonchev–Trinajstić information content (AvgIpc) is 2.75. The highest BCUT2D eigenvalue weighted by atomic mass is 16.1. The Hall–Kier alpha value is -3.80. The molecule has 0 bridgehead atoms. The number of carbonyl (C=O) groups is 1. The van der Waals surface area contributed by atoms with Crippen LogP contribution in [0.2, 0.25) is 0 Å². The van der Waals surface area contributed by atoms with Gasteiger partial charge in [-0.2, -0.15) is 0 Å². The first kappa shape index (κ1) is 17.6. The predicted octanol–water partition coefficient (Wildman–Crippen LogP) is 4.19. The Kier molecular flexibility index (Phi) is 4.93. The average molecular weight is 369 g/mol. The van der Waals surface area contributed by atoms with E-state index in [2.05, 4.69) is 20.6 Å². The molecule has 138 valence electrons. The van der Waals surface area contributed by atoms with Crippen LogP contribution in [0.5, 0.6) is 0 Å². The van der Waals surface area contributed by atoms with Gasteiger partial charge in [0.15, 0.2) is 5.82 Å². The molecule has 0 fully saturated rings. The molecule has 0 unspecified atom stereocenters. The van der Waals surface area contributed by atoms with Crippen molar-refractivity contribution in [3.05, 3.63) is 78.6 Å². The van der Waals surface area contributed by atoms with Crippen LogP contribution in [-0.2, 0) is 0 Å². The van der Waals surface area contributed by atoms with Gasteiger partial charge in [0.1, 0.15) is 5.82 Å². The Labute approximate surface area is 162 Å². The summed E-state index contributed by atoms with van der Waals surface area (Å²) in [5, 5.41) is 7.06. The van der Waals surface area contributed by atoms with Crippen molar-refractivity contribution in [2.24, 2.45) is 0 Å². The smallest absolute Gasteiger partial charge is 0.251 e. The molecule has 2 aromatic carbocycles. The highest BCUT2D eigenvalue weighted by Gasteiger charge is 2.11. The number of para-hydroxylation sites is 1. The normalized spacial score (nSPS) is 10.6. The lowest BCUT2D eigenvalue weighted by Gasteiger charge is -2.12. The summed E-state index contributed by atoms with van der Waals surface area (Å²) in [5.74, 6) is 1.17. The molecule has 1 amide bonds. The van der Waals surface area contributed by atoms with Gasteiger partial charge in [-0.1, -0.05) is 18.2 Å². The van der Waals surface area contributed by atoms with E-state index < -0.39 is 0 Å². The summed E-state index contributed by atoms with van der Waals surface area (Å²) < 4.78 is 0. The second-order valence-electron chi connectivity index (χ2n) is 6.22. The number of nitrogens with one attached hydrogen (secondary N) is 2. The van der Waals surface area contributed by atoms with Crippen molar-refractivity contribution in [2.45, 2.75) is 6.92 Å². The number of rotatable bonds is 5. The van der Waals surface area contributed by atoms with E-state index in [1.165, 1.54) is 0 Å². The standard InChI is InChI=1S/C22H19N5O/c1-2-24-22(28)15-7-5-9-17(13-15)25-21-18-10-3-4-11-19(18)26-20(27-21)16-8-6-12-23-14-16/h3-14H,2H2,1H3,(H,24,28)(H,25,26,27). The Morgan fingerprint density at radius 1 is 1.00 bits per heavy atom. The zero-order chi connectivity index (χ0) is 19.3. The molecule has 0 saturated heterocycles. The number of hydrogen-bond donors (Lipinski definition) is 2. The largest absolute Gasteiger partial charge is 0.352 e. The van der Waals surface area contributed by atoms with Crippen molar-refractivity contribution in [3.8, 4) is 11.4 Å². The molecule has 0 spiro atoms. The summed E-state index contributed by atoms with van der Waals surface area (Å²) in [6.07, 6.45) is 3.46. The molecule has 4 aromatic rings. The van der Waals surface area contributed by atoms with Crippen LogP contribution in [0.25, 0.3) is 22.3 Å². The van der Waals surface area contributed by atoms with E-state index in [1.54, 1.807) is 18.5 Å². The first-order valence-corrected chi connectivity index (χ1v) is 9.07. The molecule has 0 aliphatic rings. The van der Waals surface area contributed by atoms with Crippen LogP contribution in [0.15, 0.2) is 73.1 Å². The second kappa shape index (κ2) is 7.84. The molecular formula is C22H19N5O. The van der Waals surface area contributed by atoms with Crippen LogP contribution in [-0.4, -0.2) is 27.4 Å². The van der Waals surface area contributed by atoms with Gasteiger partial charge in [-0.3, -0.25) is 9.78 Å². The molecule has 4 rings (SSSR count). The fourth-order valence-electron chi connectivity index (χ4n) is 2.93. The van der Waals surface area contributed by atoms with Crippen molar-refractivity contribution in [1.29, 1.82) is 0 Å². The number of aromatic nitrogens is 3. The Morgan fingerprint density at radius 2 is 1.89 bits per heavy atom. The second-order valence-corrected chi connectivity index (χ2v) is 6.22. The first-order valence-electron chi connectivity index (χ1n) is 9.07. The van der Waals surface area contributed by atoms with Gasteiger partial charge in [0.2, 0.25) is 0 Å². The number of amides is 1. The molecule has 0 saturated carbocycles. The summed E-state index contributed by atoms with van der Waals surface area (Å²) in [4.78, 5) is 25.7. The van der Waals surface area contributed by atoms with Crippen molar-refractivity contribution < 1.29 is 4.79 Å². The molecular weight excluding hydrogens is 350 g/mol. The van der Waals surface area contributed by atoms with Crippen LogP contribution in [0.4, 0.5) is 11.5 Å². The third-order valence-corrected chi connectivity index (χ3v) is 4.25. The molecule has 6 nitrogen and oxygen atoms in total. The molecule has 0 aliphatic heterocycles. The van der Waals surface area contributed by atoms with Gasteiger partial charge in [0.25, 0.3) is 5.91 Å². The SMILES string of the molecule is CCNC(=O)c1cccc(Nc2nc(-c3cccnc3)nc3ccccc23)c1. The quantitative estimate of drug-likeness (QED) is 0.551. The van der Waals surface area contributed by atoms with Gasteiger partial charge >= 0.3 is 0 Å². The maximum Gasteiger partial charge on any atom is 0.251 e. The van der Waals surface area contributed by atoms with E-state index in [0.717, 1.165) is 22.2 Å². The first-order chi connectivity index (χ1) is 13.7. The van der Waals surface area contributed by atoms with E-state index in [1.807, 2.05) is 61.5 Å². The Balaban J connectivity index is 1.76. The zero-order valence-electron chi connectivity index (χ0n) is 15.4. The number of anilines is 2. The summed E-state index contributed by atoms with van der Waals surface area (Å²) >= 11 is 0. The van der Waals surface area contributed by atoms with E-state index in [-0.39, 0.29) is 5.91 Å². The fraction of sp³-hybridized carbons (Fsp3) is 0.0909. The van der Waals surface area contributed by atoms with Crippen molar-refractivity contribution in [2.75, 3.05) is 11.9 Å². The lowest BCUT2D eigenvalue weighted by molar-refractivity contribution is 0.0956. The fourth-order valence-corrected chi connectivity index (χ4v) is 2.93. The number of carbonyl (C=O) groups excluding carboxylic acids is 1. The molecule has 2 heterocycles. The van der Waals surface area contributed by atoms with Gasteiger partial charge in [-0.05, 0) is 49.4 Å². The molecule has 0 atom stereocenters. The highest BCUT2D eigenvalue weighted by molar-refractivity contribution is 5.96. The van der Waals surface area contributed by atoms with E-state index in [0.29, 0.717) is 23.8 Å². The summed E-state index contributed by atoms with van der Waals surface area (Å²) in [5.41, 5.74) is 3.05. The minimum atomic E-state index is -0.102. The van der Waals surface area contributed by atoms with Gasteiger partial charge in [0, 0.05) is 41.1 Å². The summed E-state index contributed by atoms with van der Waals surface area (Å²) in [6, 6.07) is 19.0. The number of hydrogen-bond acceptors (Lipinski definition) is 5. The zero-order valence-corrected chi connectivity index (χ0v) is 15.4. The van der Waals surface area contributed by atoms with Crippen LogP contribution >= 0.6 is 0 Å². The van der Waals surface area contributed by atoms with Crippen molar-refractivity contribution >= 4 is 28.3 Å². The van der Waals surface area contributed by atoms with Crippen LogP contribution in [0, 0.1) is 0 Å². The molecule has 2 N–H and O–H groups in total. The molecule has 0 aliphatic carbocycles. The minimum absolute atomic E-state index is 0.102. The van der Waals surface area contributed by atoms with E-state index in [4.69, 9.17) is 4.98 Å². The molecule has 6 heteroatoms. The Bertz CT molecular complexity index is 1130. The number of benzene rings is 2. The van der Waals surface area contributed by atoms with Crippen LogP contribution < -0.4 is 10.6 Å². The Morgan fingerprint density at radius 3 is 2.71 bits per heavy atom. The van der Waals surface area contributed by atoms with Crippen molar-refractivity contribution in [3.63, 3.8) is 0 Å². The van der Waals surface area contributed by atoms with Gasteiger partial charge < -0.3 is 10.6 Å². The topological polar surface area (TPSA) is 79.8 Å². The number of pyridine rings is 1. The minimum Gasteiger partial charge on any atom is -0.352 e. The molecule has 0 radical (unpaired) electrons. The van der Waals surface area contributed by atoms with Gasteiger partial charge in [0.05, 0.1) is 5.52 Å². The van der Waals surface area contributed by atoms with Crippen molar-refractivity contribution in [1.82, 2.24) is 20.3 Å². The summed E-state index contributed by atoms with van der Waals surface area (Å²) in [7, 11) is 0.